The second-order valence-electron chi connectivity index (χ2n) is 17.3. The van der Waals surface area contributed by atoms with Gasteiger partial charge in [0.05, 0.1) is 26.9 Å². The first-order valence-corrected chi connectivity index (χ1v) is 23.9. The van der Waals surface area contributed by atoms with Gasteiger partial charge in [-0.3, -0.25) is 0 Å². The molecule has 0 fully saturated rings. The monoisotopic (exact) mass is 883 g/mol. The summed E-state index contributed by atoms with van der Waals surface area (Å²) in [6.07, 6.45) is 0. The molecule has 0 atom stereocenters. The lowest BCUT2D eigenvalue weighted by molar-refractivity contribution is 1.18. The molecule has 0 aliphatic heterocycles. The van der Waals surface area contributed by atoms with Crippen LogP contribution >= 0.6 is 11.3 Å². The number of para-hydroxylation sites is 2. The molecule has 10 aromatic carbocycles. The number of fused-ring (bicyclic) bond motifs is 6. The standard InChI is InChI=1S/C64H41N3S/c1-5-19-42(20-6-1)50-40-54(60(43-21-7-2-8-22-43)55(41-50)48-35-36-58-56(39-48)52-31-13-15-33-57(52)67(58)51-29-11-4-12-30-51)47-27-17-25-45(37-47)46-26-18-28-49(38-46)64-65-61(44-23-9-3-10-24-44)63-62(66-64)53-32-14-16-34-59(53)68-63/h1-41H. The minimum atomic E-state index is 0.716. The predicted molar refractivity (Wildman–Crippen MR) is 287 cm³/mol. The van der Waals surface area contributed by atoms with Gasteiger partial charge in [-0.05, 0) is 116 Å². The Morgan fingerprint density at radius 2 is 0.853 bits per heavy atom. The van der Waals surface area contributed by atoms with Gasteiger partial charge in [0.1, 0.15) is 0 Å². The fourth-order valence-electron chi connectivity index (χ4n) is 10.0. The third kappa shape index (κ3) is 6.90. The van der Waals surface area contributed by atoms with Crippen LogP contribution in [0.5, 0.6) is 0 Å². The first kappa shape index (κ1) is 39.6. The molecular formula is C64H41N3S. The highest BCUT2D eigenvalue weighted by molar-refractivity contribution is 7.26. The largest absolute Gasteiger partial charge is 0.309 e. The summed E-state index contributed by atoms with van der Waals surface area (Å²) in [6.45, 7) is 0. The maximum absolute atomic E-state index is 5.31. The number of rotatable bonds is 8. The van der Waals surface area contributed by atoms with Crippen LogP contribution in [0.25, 0.3) is 126 Å². The second-order valence-corrected chi connectivity index (χ2v) is 18.4. The predicted octanol–water partition coefficient (Wildman–Crippen LogP) is 17.6. The molecular weight excluding hydrogens is 843 g/mol. The highest BCUT2D eigenvalue weighted by Crippen LogP contribution is 2.46. The zero-order valence-corrected chi connectivity index (χ0v) is 37.7. The average molecular weight is 884 g/mol. The van der Waals surface area contributed by atoms with E-state index in [0.29, 0.717) is 5.82 Å². The average Bonchev–Trinajstić information content (AvgIpc) is 3.97. The van der Waals surface area contributed by atoms with Crippen molar-refractivity contribution in [3.05, 3.63) is 249 Å². The molecule has 4 heteroatoms. The van der Waals surface area contributed by atoms with Crippen molar-refractivity contribution in [3.8, 4) is 84.0 Å². The molecule has 0 saturated carbocycles. The smallest absolute Gasteiger partial charge is 0.160 e. The Kier molecular flexibility index (Phi) is 9.69. The van der Waals surface area contributed by atoms with Crippen molar-refractivity contribution in [1.82, 2.24) is 14.5 Å². The van der Waals surface area contributed by atoms with Gasteiger partial charge in [0, 0.05) is 37.7 Å². The van der Waals surface area contributed by atoms with Crippen molar-refractivity contribution in [1.29, 1.82) is 0 Å². The lowest BCUT2D eigenvalue weighted by Crippen LogP contribution is -1.95. The molecule has 3 heterocycles. The Bertz CT molecular complexity index is 4000. The van der Waals surface area contributed by atoms with E-state index in [1.54, 1.807) is 11.3 Å². The Hall–Kier alpha value is -8.70. The van der Waals surface area contributed by atoms with Crippen molar-refractivity contribution in [2.45, 2.75) is 0 Å². The molecule has 3 aromatic heterocycles. The van der Waals surface area contributed by atoms with Gasteiger partial charge in [0.15, 0.2) is 5.82 Å². The number of thiophene rings is 1. The van der Waals surface area contributed by atoms with Crippen LogP contribution in [0.4, 0.5) is 0 Å². The maximum atomic E-state index is 5.31. The van der Waals surface area contributed by atoms with Crippen LogP contribution in [-0.2, 0) is 0 Å². The number of hydrogen-bond acceptors (Lipinski definition) is 3. The third-order valence-corrected chi connectivity index (χ3v) is 14.4. The van der Waals surface area contributed by atoms with Crippen molar-refractivity contribution < 1.29 is 0 Å². The van der Waals surface area contributed by atoms with Crippen LogP contribution in [-0.4, -0.2) is 14.5 Å². The Morgan fingerprint density at radius 3 is 1.57 bits per heavy atom. The van der Waals surface area contributed by atoms with Gasteiger partial charge in [0.2, 0.25) is 0 Å². The summed E-state index contributed by atoms with van der Waals surface area (Å²) in [7, 11) is 0. The molecule has 0 spiro atoms. The van der Waals surface area contributed by atoms with Crippen LogP contribution in [0.2, 0.25) is 0 Å². The van der Waals surface area contributed by atoms with Crippen LogP contribution in [0, 0.1) is 0 Å². The topological polar surface area (TPSA) is 30.7 Å². The van der Waals surface area contributed by atoms with E-state index in [1.807, 2.05) is 0 Å². The number of hydrogen-bond donors (Lipinski definition) is 0. The number of benzene rings is 10. The minimum Gasteiger partial charge on any atom is -0.309 e. The molecule has 318 valence electrons. The van der Waals surface area contributed by atoms with Gasteiger partial charge < -0.3 is 4.57 Å². The van der Waals surface area contributed by atoms with Gasteiger partial charge in [-0.25, -0.2) is 9.97 Å². The molecule has 0 aliphatic carbocycles. The van der Waals surface area contributed by atoms with E-state index in [-0.39, 0.29) is 0 Å². The zero-order valence-electron chi connectivity index (χ0n) is 36.9. The van der Waals surface area contributed by atoms with E-state index in [4.69, 9.17) is 9.97 Å². The van der Waals surface area contributed by atoms with Gasteiger partial charge in [-0.2, -0.15) is 0 Å². The van der Waals surface area contributed by atoms with E-state index in [2.05, 4.69) is 253 Å². The lowest BCUT2D eigenvalue weighted by Gasteiger charge is -2.20. The van der Waals surface area contributed by atoms with Gasteiger partial charge >= 0.3 is 0 Å². The zero-order chi connectivity index (χ0) is 45.0. The van der Waals surface area contributed by atoms with Crippen LogP contribution in [0.1, 0.15) is 0 Å². The van der Waals surface area contributed by atoms with Crippen LogP contribution < -0.4 is 0 Å². The summed E-state index contributed by atoms with van der Waals surface area (Å²) in [4.78, 5) is 10.6. The maximum Gasteiger partial charge on any atom is 0.160 e. The first-order chi connectivity index (χ1) is 33.7. The number of nitrogens with zero attached hydrogens (tertiary/aromatic N) is 3. The fourth-order valence-corrected chi connectivity index (χ4v) is 11.2. The highest BCUT2D eigenvalue weighted by atomic mass is 32.1. The summed E-state index contributed by atoms with van der Waals surface area (Å²) in [5, 5.41) is 3.61. The first-order valence-electron chi connectivity index (χ1n) is 23.1. The Labute approximate surface area is 398 Å². The number of aromatic nitrogens is 3. The van der Waals surface area contributed by atoms with Crippen molar-refractivity contribution in [2.75, 3.05) is 0 Å². The molecule has 0 aliphatic rings. The van der Waals surface area contributed by atoms with E-state index < -0.39 is 0 Å². The molecule has 68 heavy (non-hydrogen) atoms. The molecule has 0 amide bonds. The van der Waals surface area contributed by atoms with Crippen molar-refractivity contribution in [2.24, 2.45) is 0 Å². The van der Waals surface area contributed by atoms with Gasteiger partial charge in [-0.15, -0.1) is 11.3 Å². The Morgan fingerprint density at radius 1 is 0.324 bits per heavy atom. The summed E-state index contributed by atoms with van der Waals surface area (Å²) in [5.74, 6) is 0.716. The van der Waals surface area contributed by atoms with E-state index in [9.17, 15) is 0 Å². The molecule has 0 saturated heterocycles. The van der Waals surface area contributed by atoms with Crippen molar-refractivity contribution >= 4 is 53.4 Å². The molecule has 13 rings (SSSR count). The Balaban J connectivity index is 0.994. The quantitative estimate of drug-likeness (QED) is 0.152. The third-order valence-electron chi connectivity index (χ3n) is 13.2. The highest BCUT2D eigenvalue weighted by Gasteiger charge is 2.21. The molecule has 0 radical (unpaired) electrons. The van der Waals surface area contributed by atoms with Crippen LogP contribution in [0.15, 0.2) is 249 Å². The normalized spacial score (nSPS) is 11.5. The van der Waals surface area contributed by atoms with E-state index in [1.165, 1.54) is 59.9 Å². The SMILES string of the molecule is c1ccc(-c2cc(-c3cccc(-c4cccc(-c5nc(-c6ccccc6)c6sc7ccccc7c6n5)c4)c3)c(-c3ccccc3)c(-c3ccc4c(c3)c3ccccc3n4-c3ccccc3)c2)cc1. The van der Waals surface area contributed by atoms with Gasteiger partial charge in [-0.1, -0.05) is 188 Å². The minimum absolute atomic E-state index is 0.716. The van der Waals surface area contributed by atoms with E-state index >= 15 is 0 Å². The summed E-state index contributed by atoms with van der Waals surface area (Å²) in [6, 6.07) is 89.7. The summed E-state index contributed by atoms with van der Waals surface area (Å²) < 4.78 is 4.70. The lowest BCUT2D eigenvalue weighted by atomic mass is 9.84. The molecule has 13 aromatic rings. The molecule has 3 nitrogen and oxygen atoms in total. The summed E-state index contributed by atoms with van der Waals surface area (Å²) in [5.41, 5.74) is 19.1. The summed E-state index contributed by atoms with van der Waals surface area (Å²) >= 11 is 1.76. The van der Waals surface area contributed by atoms with E-state index in [0.717, 1.165) is 60.4 Å². The molecule has 0 unspecified atom stereocenters. The molecule has 0 bridgehead atoms. The fraction of sp³-hybridized carbons (Fsp3) is 0. The second kappa shape index (κ2) is 16.6. The molecule has 0 N–H and O–H groups in total. The van der Waals surface area contributed by atoms with Crippen molar-refractivity contribution in [3.63, 3.8) is 0 Å². The van der Waals surface area contributed by atoms with Gasteiger partial charge in [0.25, 0.3) is 0 Å². The van der Waals surface area contributed by atoms with Crippen LogP contribution in [0.3, 0.4) is 0 Å².